The van der Waals surface area contributed by atoms with Crippen molar-refractivity contribution in [2.75, 3.05) is 26.8 Å². The normalized spacial score (nSPS) is 43.6. The summed E-state index contributed by atoms with van der Waals surface area (Å²) in [6, 6.07) is 7.44. The second kappa shape index (κ2) is 13.8. The Labute approximate surface area is 323 Å². The monoisotopic (exact) mass is 743 g/mol. The SMILES string of the molecule is COc1ccc(C(=O)C2=C[C@@]34C=C[C@@]25[C@@H]2CC[C@@](O)(CN(C[C@H]6CCCO6)C(=O)O[C@H]6C[C@@H](C)CC[C@@H]6C(C)C)[C@@]2(C)CC[C@@H]5[C@@]3(C)CCC(O)C4)cc1. The van der Waals surface area contributed by atoms with E-state index >= 15 is 0 Å². The van der Waals surface area contributed by atoms with E-state index in [4.69, 9.17) is 14.2 Å². The number of ether oxygens (including phenoxy) is 3. The zero-order chi connectivity index (χ0) is 38.3. The molecule has 4 saturated carbocycles. The molecule has 1 aliphatic heterocycles. The summed E-state index contributed by atoms with van der Waals surface area (Å²) < 4.78 is 18.0. The Hall–Kier alpha value is -2.68. The summed E-state index contributed by atoms with van der Waals surface area (Å²) in [5.41, 5.74) is -1.37. The minimum absolute atomic E-state index is 0.00876. The van der Waals surface area contributed by atoms with E-state index in [0.29, 0.717) is 55.1 Å². The predicted octanol–water partition coefficient (Wildman–Crippen LogP) is 8.55. The zero-order valence-electron chi connectivity index (χ0n) is 33.6. The number of aliphatic hydroxyl groups is 2. The maximum absolute atomic E-state index is 14.9. The maximum Gasteiger partial charge on any atom is 0.410 e. The molecule has 8 nitrogen and oxygen atoms in total. The van der Waals surface area contributed by atoms with Crippen molar-refractivity contribution in [2.24, 2.45) is 51.2 Å². The number of carbonyl (C=O) groups is 2. The molecule has 1 aromatic rings. The summed E-state index contributed by atoms with van der Waals surface area (Å²) in [6.07, 6.45) is 16.2. The smallest absolute Gasteiger partial charge is 0.410 e. The van der Waals surface area contributed by atoms with E-state index in [9.17, 15) is 19.8 Å². The molecule has 8 heteroatoms. The van der Waals surface area contributed by atoms with E-state index in [2.05, 4.69) is 52.8 Å². The highest BCUT2D eigenvalue weighted by atomic mass is 16.6. The van der Waals surface area contributed by atoms with Gasteiger partial charge in [-0.15, -0.1) is 0 Å². The Balaban J connectivity index is 1.15. The number of allylic oxidation sites excluding steroid dienone is 4. The fraction of sp³-hybridized carbons (Fsp3) is 0.739. The molecule has 1 amide bonds. The van der Waals surface area contributed by atoms with Gasteiger partial charge in [-0.05, 0) is 130 Å². The van der Waals surface area contributed by atoms with E-state index in [1.165, 1.54) is 0 Å². The van der Waals surface area contributed by atoms with Gasteiger partial charge in [0.2, 0.25) is 0 Å². The van der Waals surface area contributed by atoms with Gasteiger partial charge >= 0.3 is 6.09 Å². The number of nitrogens with zero attached hydrogens (tertiary/aromatic N) is 1. The van der Waals surface area contributed by atoms with Crippen LogP contribution in [0, 0.1) is 51.2 Å². The number of hydrogen-bond acceptors (Lipinski definition) is 7. The Morgan fingerprint density at radius 2 is 1.69 bits per heavy atom. The largest absolute Gasteiger partial charge is 0.497 e. The Kier molecular flexibility index (Phi) is 9.73. The maximum atomic E-state index is 14.9. The number of hydrogen-bond donors (Lipinski definition) is 2. The number of ketones is 1. The molecule has 8 aliphatic rings. The van der Waals surface area contributed by atoms with Gasteiger partial charge in [-0.25, -0.2) is 4.79 Å². The molecule has 1 aromatic carbocycles. The number of benzene rings is 1. The number of Topliss-reactive ketones (excluding diaryl/α,β-unsaturated/α-hetero) is 1. The van der Waals surface area contributed by atoms with E-state index in [0.717, 1.165) is 69.8 Å². The molecule has 5 fully saturated rings. The van der Waals surface area contributed by atoms with Crippen molar-refractivity contribution in [3.8, 4) is 5.75 Å². The van der Waals surface area contributed by atoms with Gasteiger partial charge in [-0.2, -0.15) is 0 Å². The molecular formula is C46H65NO7. The number of fused-ring (bicyclic) bond motifs is 1. The number of amides is 1. The van der Waals surface area contributed by atoms with Gasteiger partial charge in [0.15, 0.2) is 5.78 Å². The molecule has 2 bridgehead atoms. The van der Waals surface area contributed by atoms with Crippen molar-refractivity contribution in [3.05, 3.63) is 53.6 Å². The zero-order valence-corrected chi connectivity index (χ0v) is 33.6. The lowest BCUT2D eigenvalue weighted by Gasteiger charge is -2.71. The summed E-state index contributed by atoms with van der Waals surface area (Å²) in [6.45, 7) is 12.7. The van der Waals surface area contributed by atoms with E-state index < -0.39 is 27.9 Å². The second-order valence-electron chi connectivity index (χ2n) is 19.6. The highest BCUT2D eigenvalue weighted by molar-refractivity contribution is 6.10. The molecule has 1 heterocycles. The van der Waals surface area contributed by atoms with Crippen LogP contribution in [0.5, 0.6) is 5.75 Å². The van der Waals surface area contributed by atoms with Gasteiger partial charge in [-0.1, -0.05) is 59.3 Å². The lowest BCUT2D eigenvalue weighted by Crippen LogP contribution is -2.67. The molecule has 1 saturated heterocycles. The standard InChI is InChI=1S/C46H65NO7/c1-29(2)35-14-9-30(3)24-37(35)54-41(50)47(27-34-8-7-23-53-34)28-45(51)20-17-39-43(45,5)19-16-38-42(4)18-15-32(48)25-44(42)21-22-46(38,39)36(26-44)40(49)31-10-12-33(52-6)13-11-31/h10-13,21-22,26,29-30,32,34-35,37-39,48,51H,7-9,14-20,23-25,27-28H2,1-6H3/t30-,32?,34+,35+,37-,38+,39+,42+,43-,44-,45+,46+/m0/s1. The van der Waals surface area contributed by atoms with Crippen molar-refractivity contribution >= 4 is 11.9 Å². The van der Waals surface area contributed by atoms with Crippen molar-refractivity contribution in [3.63, 3.8) is 0 Å². The number of carbonyl (C=O) groups excluding carboxylic acids is 2. The number of aliphatic hydroxyl groups excluding tert-OH is 1. The average Bonchev–Trinajstić information content (AvgIpc) is 3.76. The lowest BCUT2D eigenvalue weighted by molar-refractivity contribution is -0.176. The summed E-state index contributed by atoms with van der Waals surface area (Å²) >= 11 is 0. The van der Waals surface area contributed by atoms with Gasteiger partial charge in [0.05, 0.1) is 38.0 Å². The number of methoxy groups -OCH3 is 1. The van der Waals surface area contributed by atoms with Crippen LogP contribution >= 0.6 is 0 Å². The van der Waals surface area contributed by atoms with Crippen LogP contribution in [0.2, 0.25) is 0 Å². The molecule has 0 aromatic heterocycles. The van der Waals surface area contributed by atoms with E-state index in [-0.39, 0.29) is 47.9 Å². The first-order valence-electron chi connectivity index (χ1n) is 21.3. The fourth-order valence-corrected chi connectivity index (χ4v) is 13.5. The minimum Gasteiger partial charge on any atom is -0.497 e. The van der Waals surface area contributed by atoms with Crippen LogP contribution in [-0.2, 0) is 9.47 Å². The Bertz CT molecular complexity index is 1660. The van der Waals surface area contributed by atoms with Gasteiger partial charge < -0.3 is 29.3 Å². The molecule has 9 rings (SSSR count). The highest BCUT2D eigenvalue weighted by Crippen LogP contribution is 2.78. The average molecular weight is 744 g/mol. The van der Waals surface area contributed by atoms with Crippen LogP contribution in [0.4, 0.5) is 4.79 Å². The van der Waals surface area contributed by atoms with Crippen LogP contribution in [0.15, 0.2) is 48.1 Å². The summed E-state index contributed by atoms with van der Waals surface area (Å²) in [5, 5.41) is 24.3. The minimum atomic E-state index is -1.18. The molecular weight excluding hydrogens is 679 g/mol. The van der Waals surface area contributed by atoms with Crippen LogP contribution in [0.1, 0.15) is 122 Å². The third-order valence-corrected chi connectivity index (χ3v) is 16.7. The van der Waals surface area contributed by atoms with Crippen LogP contribution in [0.3, 0.4) is 0 Å². The predicted molar refractivity (Wildman–Crippen MR) is 208 cm³/mol. The number of rotatable bonds is 9. The van der Waals surface area contributed by atoms with E-state index in [1.807, 2.05) is 24.3 Å². The Morgan fingerprint density at radius 3 is 2.39 bits per heavy atom. The quantitative estimate of drug-likeness (QED) is 0.193. The van der Waals surface area contributed by atoms with Crippen LogP contribution < -0.4 is 4.74 Å². The third-order valence-electron chi connectivity index (χ3n) is 16.7. The van der Waals surface area contributed by atoms with Gasteiger partial charge in [0, 0.05) is 34.0 Å². The molecule has 296 valence electrons. The fourth-order valence-electron chi connectivity index (χ4n) is 13.5. The van der Waals surface area contributed by atoms with Crippen molar-refractivity contribution in [1.82, 2.24) is 4.90 Å². The molecule has 2 N–H and O–H groups in total. The van der Waals surface area contributed by atoms with Crippen LogP contribution in [-0.4, -0.2) is 77.7 Å². The third kappa shape index (κ3) is 5.77. The molecule has 2 spiro atoms. The highest BCUT2D eigenvalue weighted by Gasteiger charge is 2.74. The van der Waals surface area contributed by atoms with Crippen LogP contribution in [0.25, 0.3) is 0 Å². The second-order valence-corrected chi connectivity index (χ2v) is 19.6. The summed E-state index contributed by atoms with van der Waals surface area (Å²) in [7, 11) is 1.63. The molecule has 12 atom stereocenters. The van der Waals surface area contributed by atoms with Crippen molar-refractivity contribution < 1.29 is 34.0 Å². The first kappa shape index (κ1) is 38.2. The Morgan fingerprint density at radius 1 is 0.963 bits per heavy atom. The molecule has 1 unspecified atom stereocenters. The lowest BCUT2D eigenvalue weighted by atomic mass is 9.32. The first-order valence-corrected chi connectivity index (χ1v) is 21.3. The van der Waals surface area contributed by atoms with Gasteiger partial charge in [0.1, 0.15) is 11.9 Å². The van der Waals surface area contributed by atoms with Crippen molar-refractivity contribution in [2.45, 2.75) is 136 Å². The van der Waals surface area contributed by atoms with Gasteiger partial charge in [0.25, 0.3) is 0 Å². The van der Waals surface area contributed by atoms with Crippen molar-refractivity contribution in [1.29, 1.82) is 0 Å². The summed E-state index contributed by atoms with van der Waals surface area (Å²) in [4.78, 5) is 31.2. The van der Waals surface area contributed by atoms with Gasteiger partial charge in [-0.3, -0.25) is 4.79 Å². The summed E-state index contributed by atoms with van der Waals surface area (Å²) in [5.74, 6) is 2.17. The van der Waals surface area contributed by atoms with E-state index in [1.54, 1.807) is 12.0 Å². The molecule has 54 heavy (non-hydrogen) atoms. The topological polar surface area (TPSA) is 106 Å². The first-order chi connectivity index (χ1) is 25.7. The molecule has 7 aliphatic carbocycles. The molecule has 0 radical (unpaired) electrons.